The van der Waals surface area contributed by atoms with E-state index in [1.165, 1.54) is 13.2 Å². The highest BCUT2D eigenvalue weighted by Crippen LogP contribution is 2.36. The monoisotopic (exact) mass is 416 g/mol. The summed E-state index contributed by atoms with van der Waals surface area (Å²) in [7, 11) is 1.46. The van der Waals surface area contributed by atoms with Gasteiger partial charge in [0.05, 0.1) is 23.0 Å². The molecule has 2 rings (SSSR count). The van der Waals surface area contributed by atoms with E-state index in [-0.39, 0.29) is 16.4 Å². The van der Waals surface area contributed by atoms with Gasteiger partial charge in [-0.1, -0.05) is 28.1 Å². The maximum Gasteiger partial charge on any atom is 0.165 e. The van der Waals surface area contributed by atoms with Gasteiger partial charge in [0.25, 0.3) is 0 Å². The van der Waals surface area contributed by atoms with E-state index in [0.717, 1.165) is 21.3 Å². The van der Waals surface area contributed by atoms with E-state index in [1.807, 2.05) is 25.1 Å². The van der Waals surface area contributed by atoms with Gasteiger partial charge in [-0.05, 0) is 58.2 Å². The molecular weight excluding hydrogens is 403 g/mol. The summed E-state index contributed by atoms with van der Waals surface area (Å²) in [5, 5.41) is 0. The average molecular weight is 418 g/mol. The van der Waals surface area contributed by atoms with E-state index in [9.17, 15) is 4.39 Å². The van der Waals surface area contributed by atoms with Crippen LogP contribution in [0.25, 0.3) is 0 Å². The third kappa shape index (κ3) is 3.77. The van der Waals surface area contributed by atoms with Crippen LogP contribution in [0.15, 0.2) is 40.9 Å². The predicted molar refractivity (Wildman–Crippen MR) is 89.0 cm³/mol. The Bertz CT molecular complexity index is 632. The molecule has 5 heteroatoms. The summed E-state index contributed by atoms with van der Waals surface area (Å²) in [6, 6.07) is 10.7. The fraction of sp³-hybridized carbons (Fsp3) is 0.250. The first kappa shape index (κ1) is 16.3. The van der Waals surface area contributed by atoms with E-state index in [2.05, 4.69) is 31.9 Å². The predicted octanol–water partition coefficient (Wildman–Crippen LogP) is 5.48. The second-order valence-electron chi connectivity index (χ2n) is 4.38. The van der Waals surface area contributed by atoms with Crippen LogP contribution in [-0.4, -0.2) is 13.7 Å². The molecule has 0 aromatic heterocycles. The molecule has 0 amide bonds. The molecule has 0 fully saturated rings. The van der Waals surface area contributed by atoms with Crippen molar-refractivity contribution < 1.29 is 13.9 Å². The molecule has 0 bridgehead atoms. The number of ether oxygens (including phenoxy) is 2. The molecule has 0 aliphatic carbocycles. The number of alkyl halides is 1. The van der Waals surface area contributed by atoms with Gasteiger partial charge in [0, 0.05) is 0 Å². The third-order valence-electron chi connectivity index (χ3n) is 3.02. The zero-order valence-electron chi connectivity index (χ0n) is 11.7. The largest absolute Gasteiger partial charge is 0.494 e. The first-order valence-electron chi connectivity index (χ1n) is 6.46. The molecule has 0 N–H and O–H groups in total. The first-order valence-corrected chi connectivity index (χ1v) is 8.17. The number of hydrogen-bond donors (Lipinski definition) is 0. The number of rotatable bonds is 5. The highest BCUT2D eigenvalue weighted by atomic mass is 79.9. The van der Waals surface area contributed by atoms with E-state index < -0.39 is 0 Å². The molecule has 2 aromatic rings. The second-order valence-corrected chi connectivity index (χ2v) is 6.15. The highest BCUT2D eigenvalue weighted by Gasteiger charge is 2.15. The van der Waals surface area contributed by atoms with Gasteiger partial charge in [0.15, 0.2) is 11.6 Å². The zero-order valence-corrected chi connectivity index (χ0v) is 14.9. The second kappa shape index (κ2) is 7.27. The van der Waals surface area contributed by atoms with Crippen LogP contribution in [-0.2, 0) is 0 Å². The van der Waals surface area contributed by atoms with Crippen molar-refractivity contribution in [3.8, 4) is 11.5 Å². The van der Waals surface area contributed by atoms with Crippen LogP contribution in [0.1, 0.15) is 22.9 Å². The quantitative estimate of drug-likeness (QED) is 0.599. The third-order valence-corrected chi connectivity index (χ3v) is 4.69. The van der Waals surface area contributed by atoms with Crippen molar-refractivity contribution in [3.05, 3.63) is 57.8 Å². The number of benzene rings is 2. The Morgan fingerprint density at radius 3 is 2.38 bits per heavy atom. The topological polar surface area (TPSA) is 18.5 Å². The lowest BCUT2D eigenvalue weighted by atomic mass is 10.0. The van der Waals surface area contributed by atoms with Crippen molar-refractivity contribution in [2.24, 2.45) is 0 Å². The molecule has 112 valence electrons. The van der Waals surface area contributed by atoms with Gasteiger partial charge in [0.2, 0.25) is 0 Å². The van der Waals surface area contributed by atoms with Gasteiger partial charge in [0.1, 0.15) is 5.75 Å². The van der Waals surface area contributed by atoms with E-state index in [0.29, 0.717) is 6.61 Å². The van der Waals surface area contributed by atoms with Gasteiger partial charge in [-0.2, -0.15) is 0 Å². The molecule has 2 aromatic carbocycles. The van der Waals surface area contributed by atoms with Crippen LogP contribution in [0.4, 0.5) is 4.39 Å². The van der Waals surface area contributed by atoms with Gasteiger partial charge >= 0.3 is 0 Å². The molecule has 21 heavy (non-hydrogen) atoms. The van der Waals surface area contributed by atoms with E-state index >= 15 is 0 Å². The van der Waals surface area contributed by atoms with Gasteiger partial charge in [-0.15, -0.1) is 0 Å². The molecule has 1 unspecified atom stereocenters. The Balaban J connectivity index is 2.31. The lowest BCUT2D eigenvalue weighted by Crippen LogP contribution is -1.97. The normalized spacial score (nSPS) is 12.0. The lowest BCUT2D eigenvalue weighted by Gasteiger charge is -2.14. The minimum atomic E-state index is -0.367. The lowest BCUT2D eigenvalue weighted by molar-refractivity contribution is 0.338. The maximum atomic E-state index is 13.5. The molecule has 0 heterocycles. The van der Waals surface area contributed by atoms with Crippen LogP contribution >= 0.6 is 31.9 Å². The van der Waals surface area contributed by atoms with Crippen LogP contribution < -0.4 is 9.47 Å². The van der Waals surface area contributed by atoms with Gasteiger partial charge < -0.3 is 9.47 Å². The maximum absolute atomic E-state index is 13.5. The minimum Gasteiger partial charge on any atom is -0.494 e. The summed E-state index contributed by atoms with van der Waals surface area (Å²) in [6.45, 7) is 2.56. The Morgan fingerprint density at radius 1 is 1.10 bits per heavy atom. The molecule has 0 saturated carbocycles. The molecule has 2 nitrogen and oxygen atoms in total. The summed E-state index contributed by atoms with van der Waals surface area (Å²) in [6.07, 6.45) is 0. The van der Waals surface area contributed by atoms with E-state index in [4.69, 9.17) is 9.47 Å². The average Bonchev–Trinajstić information content (AvgIpc) is 2.49. The fourth-order valence-corrected chi connectivity index (χ4v) is 3.05. The summed E-state index contributed by atoms with van der Waals surface area (Å²) in [4.78, 5) is -0.0565. The smallest absolute Gasteiger partial charge is 0.165 e. The summed E-state index contributed by atoms with van der Waals surface area (Å²) < 4.78 is 24.9. The molecule has 0 aliphatic heterocycles. The van der Waals surface area contributed by atoms with Crippen molar-refractivity contribution in [3.63, 3.8) is 0 Å². The zero-order chi connectivity index (χ0) is 15.4. The Hall–Kier alpha value is -1.07. The van der Waals surface area contributed by atoms with Gasteiger partial charge in [-0.25, -0.2) is 4.39 Å². The molecule has 1 atom stereocenters. The van der Waals surface area contributed by atoms with Crippen molar-refractivity contribution in [2.75, 3.05) is 13.7 Å². The molecule has 0 spiro atoms. The van der Waals surface area contributed by atoms with Crippen molar-refractivity contribution in [1.82, 2.24) is 0 Å². The number of halogens is 3. The number of hydrogen-bond acceptors (Lipinski definition) is 2. The molecule has 0 aliphatic rings. The summed E-state index contributed by atoms with van der Waals surface area (Å²) in [5.41, 5.74) is 1.96. The summed E-state index contributed by atoms with van der Waals surface area (Å²) >= 11 is 7.14. The Morgan fingerprint density at radius 2 is 1.76 bits per heavy atom. The SMILES string of the molecule is CCOc1ccc(C(Br)c2ccc(F)c(OC)c2)cc1Br. The van der Waals surface area contributed by atoms with Crippen molar-refractivity contribution in [2.45, 2.75) is 11.8 Å². The molecular formula is C16H15Br2FO2. The van der Waals surface area contributed by atoms with Crippen LogP contribution in [0.3, 0.4) is 0 Å². The minimum absolute atomic E-state index is 0.0565. The van der Waals surface area contributed by atoms with Crippen LogP contribution in [0.5, 0.6) is 11.5 Å². The van der Waals surface area contributed by atoms with Crippen molar-refractivity contribution in [1.29, 1.82) is 0 Å². The Labute approximate surface area is 140 Å². The number of methoxy groups -OCH3 is 1. The standard InChI is InChI=1S/C16H15Br2FO2/c1-3-21-14-7-5-10(8-12(14)17)16(18)11-4-6-13(19)15(9-11)20-2/h4-9,16H,3H2,1-2H3. The molecule has 0 radical (unpaired) electrons. The molecule has 0 saturated heterocycles. The van der Waals surface area contributed by atoms with Crippen LogP contribution in [0.2, 0.25) is 0 Å². The summed E-state index contributed by atoms with van der Waals surface area (Å²) in [5.74, 6) is 0.674. The van der Waals surface area contributed by atoms with Crippen molar-refractivity contribution >= 4 is 31.9 Å². The van der Waals surface area contributed by atoms with Gasteiger partial charge in [-0.3, -0.25) is 0 Å². The first-order chi connectivity index (χ1) is 10.1. The van der Waals surface area contributed by atoms with E-state index in [1.54, 1.807) is 12.1 Å². The highest BCUT2D eigenvalue weighted by molar-refractivity contribution is 9.10. The Kier molecular flexibility index (Phi) is 5.65. The fourth-order valence-electron chi connectivity index (χ4n) is 1.97. The van der Waals surface area contributed by atoms with Crippen LogP contribution in [0, 0.1) is 5.82 Å².